The highest BCUT2D eigenvalue weighted by Gasteiger charge is 2.43. The lowest BCUT2D eigenvalue weighted by Gasteiger charge is -2.25. The molecule has 0 spiro atoms. The Morgan fingerprint density at radius 3 is 2.56 bits per heavy atom. The van der Waals surface area contributed by atoms with Crippen LogP contribution in [0.1, 0.15) is 33.3 Å². The van der Waals surface area contributed by atoms with Crippen molar-refractivity contribution in [3.8, 4) is 11.5 Å². The molecule has 0 radical (unpaired) electrons. The van der Waals surface area contributed by atoms with Gasteiger partial charge in [0.15, 0.2) is 16.9 Å². The third kappa shape index (κ3) is 3.20. The van der Waals surface area contributed by atoms with Crippen LogP contribution in [0.3, 0.4) is 0 Å². The van der Waals surface area contributed by atoms with Crippen molar-refractivity contribution < 1.29 is 19.1 Å². The first-order valence-corrected chi connectivity index (χ1v) is 10.3. The zero-order valence-corrected chi connectivity index (χ0v) is 17.8. The highest BCUT2D eigenvalue weighted by atomic mass is 35.5. The van der Waals surface area contributed by atoms with Crippen molar-refractivity contribution in [3.63, 3.8) is 0 Å². The second kappa shape index (κ2) is 7.73. The highest BCUT2D eigenvalue weighted by Crippen LogP contribution is 2.41. The quantitative estimate of drug-likeness (QED) is 0.481. The van der Waals surface area contributed by atoms with Crippen molar-refractivity contribution in [3.05, 3.63) is 104 Å². The van der Waals surface area contributed by atoms with Gasteiger partial charge in [-0.1, -0.05) is 41.9 Å². The number of hydrogen-bond acceptors (Lipinski definition) is 5. The molecule has 160 valence electrons. The standard InChI is InChI=1S/C25H18ClNO5/c1-31-20-12-15(8-11-18(20)28)22-21-23(29)17-4-2-3-5-19(17)32-24(21)25(30)27(22)13-14-6-9-16(26)10-7-14/h2-12,22,28H,13H2,1H3. The van der Waals surface area contributed by atoms with Crippen LogP contribution >= 0.6 is 11.6 Å². The molecule has 1 unspecified atom stereocenters. The van der Waals surface area contributed by atoms with Crippen LogP contribution in [-0.4, -0.2) is 23.0 Å². The topological polar surface area (TPSA) is 80.0 Å². The van der Waals surface area contributed by atoms with E-state index in [-0.39, 0.29) is 40.7 Å². The molecular weight excluding hydrogens is 430 g/mol. The summed E-state index contributed by atoms with van der Waals surface area (Å²) in [5.74, 6) is -0.134. The first-order chi connectivity index (χ1) is 15.5. The van der Waals surface area contributed by atoms with E-state index in [1.165, 1.54) is 13.2 Å². The van der Waals surface area contributed by atoms with Crippen molar-refractivity contribution in [2.75, 3.05) is 7.11 Å². The summed E-state index contributed by atoms with van der Waals surface area (Å²) in [5.41, 5.74) is 1.85. The van der Waals surface area contributed by atoms with Gasteiger partial charge in [0, 0.05) is 11.6 Å². The number of carbonyl (C=O) groups excluding carboxylic acids is 1. The fourth-order valence-electron chi connectivity index (χ4n) is 4.13. The van der Waals surface area contributed by atoms with Crippen molar-refractivity contribution in [2.24, 2.45) is 0 Å². The number of phenolic OH excluding ortho intramolecular Hbond substituents is 1. The molecule has 1 atom stereocenters. The Morgan fingerprint density at radius 1 is 1.06 bits per heavy atom. The van der Waals surface area contributed by atoms with E-state index >= 15 is 0 Å². The smallest absolute Gasteiger partial charge is 0.291 e. The number of methoxy groups -OCH3 is 1. The third-order valence-electron chi connectivity index (χ3n) is 5.66. The SMILES string of the molecule is COc1cc(C2c3c(oc4ccccc4c3=O)C(=O)N2Cc2ccc(Cl)cc2)ccc1O. The monoisotopic (exact) mass is 447 g/mol. The molecule has 0 bridgehead atoms. The number of fused-ring (bicyclic) bond motifs is 2. The molecule has 4 aromatic rings. The zero-order chi connectivity index (χ0) is 22.4. The Labute approximate surface area is 188 Å². The number of amides is 1. The summed E-state index contributed by atoms with van der Waals surface area (Å²) in [7, 11) is 1.44. The highest BCUT2D eigenvalue weighted by molar-refractivity contribution is 6.30. The molecule has 0 aliphatic carbocycles. The van der Waals surface area contributed by atoms with Gasteiger partial charge < -0.3 is 19.2 Å². The molecule has 7 heteroatoms. The molecule has 1 N–H and O–H groups in total. The number of phenols is 1. The number of ether oxygens (including phenoxy) is 1. The fourth-order valence-corrected chi connectivity index (χ4v) is 4.25. The van der Waals surface area contributed by atoms with Gasteiger partial charge in [0.2, 0.25) is 5.76 Å². The summed E-state index contributed by atoms with van der Waals surface area (Å²) < 4.78 is 11.2. The summed E-state index contributed by atoms with van der Waals surface area (Å²) in [6, 6.07) is 18.1. The first-order valence-electron chi connectivity index (χ1n) is 9.96. The van der Waals surface area contributed by atoms with Crippen LogP contribution in [0, 0.1) is 0 Å². The normalized spacial score (nSPS) is 15.2. The number of carbonyl (C=O) groups is 1. The molecule has 5 rings (SSSR count). The van der Waals surface area contributed by atoms with Crippen molar-refractivity contribution in [1.82, 2.24) is 4.90 Å². The van der Waals surface area contributed by atoms with Gasteiger partial charge in [-0.05, 0) is 47.5 Å². The molecule has 0 fully saturated rings. The summed E-state index contributed by atoms with van der Waals surface area (Å²) in [6.07, 6.45) is 0. The lowest BCUT2D eigenvalue weighted by molar-refractivity contribution is 0.0714. The predicted octanol–water partition coefficient (Wildman–Crippen LogP) is 4.91. The van der Waals surface area contributed by atoms with E-state index in [4.69, 9.17) is 20.8 Å². The van der Waals surface area contributed by atoms with Crippen LogP contribution in [0.5, 0.6) is 11.5 Å². The van der Waals surface area contributed by atoms with Gasteiger partial charge in [0.25, 0.3) is 5.91 Å². The molecule has 1 aromatic heterocycles. The summed E-state index contributed by atoms with van der Waals surface area (Å²) in [6.45, 7) is 0.240. The van der Waals surface area contributed by atoms with Crippen LogP contribution in [-0.2, 0) is 6.54 Å². The van der Waals surface area contributed by atoms with Crippen molar-refractivity contribution in [2.45, 2.75) is 12.6 Å². The van der Waals surface area contributed by atoms with Gasteiger partial charge in [0.1, 0.15) is 5.58 Å². The average Bonchev–Trinajstić information content (AvgIpc) is 3.08. The molecular formula is C25H18ClNO5. The van der Waals surface area contributed by atoms with Gasteiger partial charge in [-0.25, -0.2) is 0 Å². The Kier molecular flexibility index (Phi) is 4.87. The Bertz CT molecular complexity index is 1410. The molecule has 32 heavy (non-hydrogen) atoms. The number of halogens is 1. The predicted molar refractivity (Wildman–Crippen MR) is 120 cm³/mol. The minimum absolute atomic E-state index is 0.0275. The van der Waals surface area contributed by atoms with E-state index in [0.717, 1.165) is 5.56 Å². The molecule has 1 aliphatic rings. The van der Waals surface area contributed by atoms with E-state index in [2.05, 4.69) is 0 Å². The largest absolute Gasteiger partial charge is 0.504 e. The summed E-state index contributed by atoms with van der Waals surface area (Å²) in [5, 5.41) is 11.0. The molecule has 1 aliphatic heterocycles. The van der Waals surface area contributed by atoms with E-state index in [1.807, 2.05) is 12.1 Å². The fraction of sp³-hybridized carbons (Fsp3) is 0.120. The maximum absolute atomic E-state index is 13.5. The van der Waals surface area contributed by atoms with E-state index in [9.17, 15) is 14.7 Å². The Morgan fingerprint density at radius 2 is 1.81 bits per heavy atom. The molecule has 6 nitrogen and oxygen atoms in total. The molecule has 3 aromatic carbocycles. The minimum Gasteiger partial charge on any atom is -0.504 e. The molecule has 1 amide bonds. The lowest BCUT2D eigenvalue weighted by atomic mass is 9.98. The molecule has 2 heterocycles. The minimum atomic E-state index is -0.705. The number of rotatable bonds is 4. The van der Waals surface area contributed by atoms with Crippen LogP contribution < -0.4 is 10.2 Å². The first kappa shape index (κ1) is 20.2. The van der Waals surface area contributed by atoms with Gasteiger partial charge in [-0.2, -0.15) is 0 Å². The maximum atomic E-state index is 13.5. The van der Waals surface area contributed by atoms with Crippen LogP contribution in [0.15, 0.2) is 75.9 Å². The number of para-hydroxylation sites is 1. The lowest BCUT2D eigenvalue weighted by Crippen LogP contribution is -2.29. The van der Waals surface area contributed by atoms with E-state index in [1.54, 1.807) is 53.4 Å². The molecule has 0 saturated carbocycles. The maximum Gasteiger partial charge on any atom is 0.291 e. The average molecular weight is 448 g/mol. The number of benzene rings is 3. The number of hydrogen-bond donors (Lipinski definition) is 1. The zero-order valence-electron chi connectivity index (χ0n) is 17.0. The second-order valence-electron chi connectivity index (χ2n) is 7.56. The van der Waals surface area contributed by atoms with Crippen LogP contribution in [0.25, 0.3) is 11.0 Å². The van der Waals surface area contributed by atoms with Gasteiger partial charge in [-0.15, -0.1) is 0 Å². The summed E-state index contributed by atoms with van der Waals surface area (Å²) >= 11 is 6.01. The van der Waals surface area contributed by atoms with E-state index < -0.39 is 6.04 Å². The number of aromatic hydroxyl groups is 1. The van der Waals surface area contributed by atoms with Crippen molar-refractivity contribution in [1.29, 1.82) is 0 Å². The molecule has 0 saturated heterocycles. The van der Waals surface area contributed by atoms with Crippen LogP contribution in [0.4, 0.5) is 0 Å². The van der Waals surface area contributed by atoms with Crippen LogP contribution in [0.2, 0.25) is 5.02 Å². The van der Waals surface area contributed by atoms with E-state index in [0.29, 0.717) is 21.6 Å². The van der Waals surface area contributed by atoms with Gasteiger partial charge >= 0.3 is 0 Å². The Balaban J connectivity index is 1.72. The number of nitrogens with zero attached hydrogens (tertiary/aromatic N) is 1. The Hall–Kier alpha value is -3.77. The summed E-state index contributed by atoms with van der Waals surface area (Å²) in [4.78, 5) is 28.5. The third-order valence-corrected chi connectivity index (χ3v) is 5.91. The van der Waals surface area contributed by atoms with Gasteiger partial charge in [-0.3, -0.25) is 9.59 Å². The van der Waals surface area contributed by atoms with Crippen molar-refractivity contribution >= 4 is 28.5 Å². The second-order valence-corrected chi connectivity index (χ2v) is 8.00. The van der Waals surface area contributed by atoms with Gasteiger partial charge in [0.05, 0.1) is 24.1 Å².